The molecule has 2 heterocycles. The summed E-state index contributed by atoms with van der Waals surface area (Å²) >= 11 is 0. The minimum atomic E-state index is 0.0828. The Hall–Kier alpha value is -3.12. The molecular formula is C21H17N3. The van der Waals surface area contributed by atoms with Crippen LogP contribution in [0.5, 0.6) is 0 Å². The van der Waals surface area contributed by atoms with Crippen molar-refractivity contribution in [1.29, 1.82) is 5.26 Å². The van der Waals surface area contributed by atoms with E-state index in [1.54, 1.807) is 0 Å². The van der Waals surface area contributed by atoms with Crippen molar-refractivity contribution < 1.29 is 0 Å². The number of aromatic nitrogens is 2. The molecule has 0 saturated heterocycles. The van der Waals surface area contributed by atoms with Gasteiger partial charge in [-0.05, 0) is 36.2 Å². The Kier molecular flexibility index (Phi) is 3.72. The number of fused-ring (bicyclic) bond motifs is 3. The van der Waals surface area contributed by atoms with Gasteiger partial charge in [-0.2, -0.15) is 5.26 Å². The van der Waals surface area contributed by atoms with Gasteiger partial charge in [0.15, 0.2) is 0 Å². The van der Waals surface area contributed by atoms with Gasteiger partial charge in [0, 0.05) is 18.5 Å². The van der Waals surface area contributed by atoms with Crippen molar-refractivity contribution in [3.63, 3.8) is 0 Å². The Bertz CT molecular complexity index is 1030. The molecule has 0 N–H and O–H groups in total. The van der Waals surface area contributed by atoms with E-state index in [2.05, 4.69) is 40.9 Å². The molecule has 0 fully saturated rings. The molecule has 0 radical (unpaired) electrons. The molecule has 2 aromatic carbocycles. The minimum Gasteiger partial charge on any atom is -0.313 e. The summed E-state index contributed by atoms with van der Waals surface area (Å²) in [6, 6.07) is 24.9. The van der Waals surface area contributed by atoms with Crippen molar-refractivity contribution >= 4 is 16.6 Å². The number of rotatable bonds is 4. The first-order valence-corrected chi connectivity index (χ1v) is 8.13. The fourth-order valence-electron chi connectivity index (χ4n) is 3.32. The molecular weight excluding hydrogens is 294 g/mol. The molecule has 3 nitrogen and oxygen atoms in total. The molecule has 0 spiro atoms. The highest BCUT2D eigenvalue weighted by Crippen LogP contribution is 2.29. The maximum atomic E-state index is 9.33. The topological polar surface area (TPSA) is 41.1 Å². The largest absolute Gasteiger partial charge is 0.313 e. The van der Waals surface area contributed by atoms with Crippen LogP contribution in [-0.2, 0) is 6.42 Å². The van der Waals surface area contributed by atoms with E-state index in [9.17, 15) is 5.26 Å². The van der Waals surface area contributed by atoms with Gasteiger partial charge >= 0.3 is 0 Å². The number of hydrogen-bond acceptors (Lipinski definition) is 2. The summed E-state index contributed by atoms with van der Waals surface area (Å²) in [5.74, 6) is 0.0828. The molecule has 0 aliphatic heterocycles. The molecule has 0 bridgehead atoms. The molecule has 0 aliphatic carbocycles. The van der Waals surface area contributed by atoms with Crippen LogP contribution < -0.4 is 0 Å². The van der Waals surface area contributed by atoms with Gasteiger partial charge in [-0.3, -0.25) is 0 Å². The van der Waals surface area contributed by atoms with E-state index in [4.69, 9.17) is 4.98 Å². The average molecular weight is 311 g/mol. The predicted octanol–water partition coefficient (Wildman–Crippen LogP) is 4.73. The molecule has 1 atom stereocenters. The fourth-order valence-corrected chi connectivity index (χ4v) is 3.32. The van der Waals surface area contributed by atoms with Crippen LogP contribution in [0.1, 0.15) is 23.6 Å². The van der Waals surface area contributed by atoms with E-state index in [0.29, 0.717) is 6.42 Å². The van der Waals surface area contributed by atoms with Crippen LogP contribution in [0, 0.1) is 11.3 Å². The summed E-state index contributed by atoms with van der Waals surface area (Å²) in [7, 11) is 0. The van der Waals surface area contributed by atoms with Crippen LogP contribution in [0.25, 0.3) is 16.6 Å². The summed E-state index contributed by atoms with van der Waals surface area (Å²) in [5.41, 5.74) is 5.38. The van der Waals surface area contributed by atoms with Crippen molar-refractivity contribution in [3.05, 3.63) is 84.2 Å². The van der Waals surface area contributed by atoms with Crippen LogP contribution >= 0.6 is 0 Å². The first kappa shape index (κ1) is 14.5. The molecule has 2 aromatic heterocycles. The Morgan fingerprint density at radius 1 is 0.917 bits per heavy atom. The Balaban J connectivity index is 1.87. The number of para-hydroxylation sites is 2. The van der Waals surface area contributed by atoms with Crippen molar-refractivity contribution in [2.24, 2.45) is 0 Å². The molecule has 24 heavy (non-hydrogen) atoms. The maximum absolute atomic E-state index is 9.33. The summed E-state index contributed by atoms with van der Waals surface area (Å²) in [6.07, 6.45) is 3.34. The van der Waals surface area contributed by atoms with E-state index < -0.39 is 0 Å². The summed E-state index contributed by atoms with van der Waals surface area (Å²) in [6.45, 7) is 0. The highest BCUT2D eigenvalue weighted by atomic mass is 14.9. The zero-order chi connectivity index (χ0) is 16.4. The molecule has 116 valence electrons. The van der Waals surface area contributed by atoms with Gasteiger partial charge in [0.25, 0.3) is 0 Å². The van der Waals surface area contributed by atoms with Crippen LogP contribution in [0.3, 0.4) is 0 Å². The molecule has 0 amide bonds. The molecule has 0 saturated carbocycles. The third-order valence-corrected chi connectivity index (χ3v) is 4.44. The lowest BCUT2D eigenvalue weighted by Gasteiger charge is -2.16. The maximum Gasteiger partial charge on any atom is 0.0874 e. The van der Waals surface area contributed by atoms with E-state index in [-0.39, 0.29) is 5.92 Å². The first-order chi connectivity index (χ1) is 11.9. The standard InChI is InChI=1S/C21H17N3/c22-13-12-17(15-16-7-2-1-3-8-16)21-20-11-6-14-24(20)19-10-5-4-9-18(19)23-21/h1-11,14,17H,12,15H2. The molecule has 0 aliphatic rings. The third kappa shape index (κ3) is 2.53. The van der Waals surface area contributed by atoms with Gasteiger partial charge in [0.05, 0.1) is 28.3 Å². The van der Waals surface area contributed by atoms with Gasteiger partial charge in [-0.1, -0.05) is 42.5 Å². The van der Waals surface area contributed by atoms with Gasteiger partial charge in [-0.25, -0.2) is 4.98 Å². The predicted molar refractivity (Wildman–Crippen MR) is 95.8 cm³/mol. The van der Waals surface area contributed by atoms with Gasteiger partial charge in [0.2, 0.25) is 0 Å². The third-order valence-electron chi connectivity index (χ3n) is 4.44. The van der Waals surface area contributed by atoms with Crippen LogP contribution in [0.2, 0.25) is 0 Å². The van der Waals surface area contributed by atoms with Crippen LogP contribution in [0.15, 0.2) is 72.9 Å². The van der Waals surface area contributed by atoms with E-state index in [1.165, 1.54) is 5.56 Å². The Morgan fingerprint density at radius 2 is 1.67 bits per heavy atom. The van der Waals surface area contributed by atoms with E-state index in [0.717, 1.165) is 28.7 Å². The monoisotopic (exact) mass is 311 g/mol. The van der Waals surface area contributed by atoms with E-state index in [1.807, 2.05) is 42.5 Å². The zero-order valence-corrected chi connectivity index (χ0v) is 13.3. The highest BCUT2D eigenvalue weighted by molar-refractivity contribution is 5.80. The van der Waals surface area contributed by atoms with Crippen LogP contribution in [-0.4, -0.2) is 9.38 Å². The second-order valence-corrected chi connectivity index (χ2v) is 6.00. The van der Waals surface area contributed by atoms with Crippen LogP contribution in [0.4, 0.5) is 0 Å². The normalized spacial score (nSPS) is 12.3. The zero-order valence-electron chi connectivity index (χ0n) is 13.3. The number of hydrogen-bond donors (Lipinski definition) is 0. The Labute approximate surface area is 140 Å². The number of benzene rings is 2. The first-order valence-electron chi connectivity index (χ1n) is 8.13. The number of nitriles is 1. The quantitative estimate of drug-likeness (QED) is 0.547. The lowest BCUT2D eigenvalue weighted by molar-refractivity contribution is 0.685. The van der Waals surface area contributed by atoms with Crippen molar-refractivity contribution in [1.82, 2.24) is 9.38 Å². The minimum absolute atomic E-state index is 0.0828. The second kappa shape index (κ2) is 6.17. The second-order valence-electron chi connectivity index (χ2n) is 6.00. The summed E-state index contributed by atoms with van der Waals surface area (Å²) in [5, 5.41) is 9.33. The smallest absolute Gasteiger partial charge is 0.0874 e. The summed E-state index contributed by atoms with van der Waals surface area (Å²) < 4.78 is 2.17. The van der Waals surface area contributed by atoms with E-state index >= 15 is 0 Å². The Morgan fingerprint density at radius 3 is 2.50 bits per heavy atom. The van der Waals surface area contributed by atoms with Crippen molar-refractivity contribution in [3.8, 4) is 6.07 Å². The molecule has 4 aromatic rings. The molecule has 3 heteroatoms. The van der Waals surface area contributed by atoms with Gasteiger partial charge in [0.1, 0.15) is 0 Å². The van der Waals surface area contributed by atoms with Gasteiger partial charge in [-0.15, -0.1) is 0 Å². The highest BCUT2D eigenvalue weighted by Gasteiger charge is 2.18. The summed E-state index contributed by atoms with van der Waals surface area (Å²) in [4.78, 5) is 4.92. The fraction of sp³-hybridized carbons (Fsp3) is 0.143. The lowest BCUT2D eigenvalue weighted by atomic mass is 9.92. The lowest BCUT2D eigenvalue weighted by Crippen LogP contribution is -2.08. The average Bonchev–Trinajstić information content (AvgIpc) is 3.12. The SMILES string of the molecule is N#CCC(Cc1ccccc1)c1nc2ccccc2n2cccc12. The molecule has 4 rings (SSSR count). The van der Waals surface area contributed by atoms with Crippen molar-refractivity contribution in [2.45, 2.75) is 18.8 Å². The van der Waals surface area contributed by atoms with Crippen molar-refractivity contribution in [2.75, 3.05) is 0 Å². The molecule has 1 unspecified atom stereocenters. The number of nitrogens with zero attached hydrogens (tertiary/aromatic N) is 3. The van der Waals surface area contributed by atoms with Gasteiger partial charge < -0.3 is 4.40 Å².